The lowest BCUT2D eigenvalue weighted by Gasteiger charge is -2.14. The number of carbonyl (C=O) groups is 1. The zero-order chi connectivity index (χ0) is 16.4. The normalized spacial score (nSPS) is 18.1. The zero-order valence-electron chi connectivity index (χ0n) is 13.6. The highest BCUT2D eigenvalue weighted by atomic mass is 16.5. The molecule has 0 spiro atoms. The van der Waals surface area contributed by atoms with E-state index < -0.39 is 5.97 Å². The van der Waals surface area contributed by atoms with Gasteiger partial charge in [0, 0.05) is 12.7 Å². The lowest BCUT2D eigenvalue weighted by Crippen LogP contribution is -2.18. The van der Waals surface area contributed by atoms with E-state index in [1.807, 2.05) is 6.92 Å². The van der Waals surface area contributed by atoms with Gasteiger partial charge in [-0.1, -0.05) is 0 Å². The molecule has 1 N–H and O–H groups in total. The monoisotopic (exact) mass is 315 g/mol. The molecule has 0 amide bonds. The van der Waals surface area contributed by atoms with E-state index >= 15 is 0 Å². The van der Waals surface area contributed by atoms with Crippen molar-refractivity contribution in [1.29, 1.82) is 0 Å². The van der Waals surface area contributed by atoms with Crippen LogP contribution in [-0.4, -0.2) is 52.9 Å². The number of methoxy groups -OCH3 is 1. The van der Waals surface area contributed by atoms with Gasteiger partial charge >= 0.3 is 5.97 Å². The van der Waals surface area contributed by atoms with Crippen molar-refractivity contribution >= 4 is 17.3 Å². The molecule has 122 valence electrons. The van der Waals surface area contributed by atoms with Crippen molar-refractivity contribution in [3.8, 4) is 0 Å². The largest absolute Gasteiger partial charge is 0.465 e. The van der Waals surface area contributed by atoms with Crippen LogP contribution in [0.5, 0.6) is 0 Å². The number of pyridine rings is 1. The van der Waals surface area contributed by atoms with Crippen molar-refractivity contribution in [3.05, 3.63) is 35.9 Å². The second-order valence-corrected chi connectivity index (χ2v) is 5.83. The van der Waals surface area contributed by atoms with E-state index in [9.17, 15) is 4.79 Å². The fourth-order valence-electron chi connectivity index (χ4n) is 2.95. The minimum absolute atomic E-state index is 0.391. The van der Waals surface area contributed by atoms with Crippen LogP contribution in [-0.2, 0) is 4.74 Å². The van der Waals surface area contributed by atoms with Gasteiger partial charge in [-0.25, -0.2) is 4.79 Å². The Morgan fingerprint density at radius 1 is 1.39 bits per heavy atom. The number of carbonyl (C=O) groups excluding carboxylic acids is 1. The summed E-state index contributed by atoms with van der Waals surface area (Å²) in [5.74, 6) is -0.391. The molecule has 2 aromatic heterocycles. The van der Waals surface area contributed by atoms with Crippen molar-refractivity contribution in [3.63, 3.8) is 0 Å². The number of likely N-dealkylation sites (tertiary alicyclic amines) is 1. The molecule has 3 heterocycles. The smallest absolute Gasteiger partial charge is 0.340 e. The van der Waals surface area contributed by atoms with Crippen LogP contribution in [0.25, 0.3) is 0 Å². The summed E-state index contributed by atoms with van der Waals surface area (Å²) in [7, 11) is 3.49. The van der Waals surface area contributed by atoms with E-state index in [0.717, 1.165) is 30.9 Å². The Kier molecular flexibility index (Phi) is 4.29. The maximum absolute atomic E-state index is 11.8. The fraction of sp³-hybridized carbons (Fsp3) is 0.438. The maximum Gasteiger partial charge on any atom is 0.340 e. The summed E-state index contributed by atoms with van der Waals surface area (Å²) in [4.78, 5) is 18.2. The standard InChI is InChI=1S/C16H21N5O2/c1-11-14(9-18-21(11)12-5-7-20(2)10-12)19-15-8-17-6-4-13(15)16(22)23-3/h4,6,8-9,12,19H,5,7,10H2,1-3H3. The first-order valence-corrected chi connectivity index (χ1v) is 7.62. The van der Waals surface area contributed by atoms with Gasteiger partial charge in [0.1, 0.15) is 0 Å². The summed E-state index contributed by atoms with van der Waals surface area (Å²) in [6, 6.07) is 2.03. The van der Waals surface area contributed by atoms with E-state index in [4.69, 9.17) is 4.74 Å². The summed E-state index contributed by atoms with van der Waals surface area (Å²) in [5, 5.41) is 7.76. The number of likely N-dealkylation sites (N-methyl/N-ethyl adjacent to an activating group) is 1. The first-order valence-electron chi connectivity index (χ1n) is 7.62. The van der Waals surface area contributed by atoms with Crippen molar-refractivity contribution < 1.29 is 9.53 Å². The van der Waals surface area contributed by atoms with Crippen LogP contribution < -0.4 is 5.32 Å². The molecule has 3 rings (SSSR count). The van der Waals surface area contributed by atoms with Crippen molar-refractivity contribution in [2.24, 2.45) is 0 Å². The molecular formula is C16H21N5O2. The molecule has 7 nitrogen and oxygen atoms in total. The van der Waals surface area contributed by atoms with Gasteiger partial charge in [-0.15, -0.1) is 0 Å². The Bertz CT molecular complexity index is 712. The highest BCUT2D eigenvalue weighted by molar-refractivity contribution is 5.96. The van der Waals surface area contributed by atoms with Crippen molar-refractivity contribution in [2.45, 2.75) is 19.4 Å². The number of hydrogen-bond donors (Lipinski definition) is 1. The third-order valence-electron chi connectivity index (χ3n) is 4.25. The number of esters is 1. The zero-order valence-corrected chi connectivity index (χ0v) is 13.6. The summed E-state index contributed by atoms with van der Waals surface area (Å²) in [5.41, 5.74) is 2.99. The molecule has 1 unspecified atom stereocenters. The minimum atomic E-state index is -0.391. The average Bonchev–Trinajstić information content (AvgIpc) is 3.14. The van der Waals surface area contributed by atoms with Crippen LogP contribution >= 0.6 is 0 Å². The Labute approximate surface area is 135 Å². The Morgan fingerprint density at radius 2 is 2.22 bits per heavy atom. The van der Waals surface area contributed by atoms with E-state index in [-0.39, 0.29) is 0 Å². The molecule has 1 atom stereocenters. The molecule has 0 saturated carbocycles. The first-order chi connectivity index (χ1) is 11.1. The summed E-state index contributed by atoms with van der Waals surface area (Å²) in [6.45, 7) is 4.12. The van der Waals surface area contributed by atoms with Crippen LogP contribution in [0.1, 0.15) is 28.5 Å². The van der Waals surface area contributed by atoms with Crippen LogP contribution in [0.2, 0.25) is 0 Å². The topological polar surface area (TPSA) is 72.3 Å². The number of nitrogens with zero attached hydrogens (tertiary/aromatic N) is 4. The molecule has 0 aromatic carbocycles. The van der Waals surface area contributed by atoms with E-state index in [2.05, 4.69) is 32.0 Å². The molecular weight excluding hydrogens is 294 g/mol. The molecule has 23 heavy (non-hydrogen) atoms. The lowest BCUT2D eigenvalue weighted by molar-refractivity contribution is 0.0602. The SMILES string of the molecule is COC(=O)c1ccncc1Nc1cnn(C2CCN(C)C2)c1C. The molecule has 1 aliphatic rings. The van der Waals surface area contributed by atoms with Gasteiger partial charge in [0.15, 0.2) is 0 Å². The maximum atomic E-state index is 11.8. The Balaban J connectivity index is 1.85. The molecule has 0 radical (unpaired) electrons. The molecule has 7 heteroatoms. The van der Waals surface area contributed by atoms with Gasteiger partial charge in [-0.3, -0.25) is 9.67 Å². The third kappa shape index (κ3) is 3.05. The van der Waals surface area contributed by atoms with Gasteiger partial charge in [0.25, 0.3) is 0 Å². The predicted molar refractivity (Wildman–Crippen MR) is 87.0 cm³/mol. The predicted octanol–water partition coefficient (Wildman–Crippen LogP) is 1.99. The number of anilines is 2. The number of aromatic nitrogens is 3. The van der Waals surface area contributed by atoms with Gasteiger partial charge in [-0.2, -0.15) is 5.10 Å². The second kappa shape index (κ2) is 6.37. The lowest BCUT2D eigenvalue weighted by atomic mass is 10.2. The summed E-state index contributed by atoms with van der Waals surface area (Å²) >= 11 is 0. The molecule has 0 bridgehead atoms. The number of rotatable bonds is 4. The molecule has 1 saturated heterocycles. The van der Waals surface area contributed by atoms with Gasteiger partial charge in [-0.05, 0) is 33.0 Å². The Morgan fingerprint density at radius 3 is 2.91 bits per heavy atom. The van der Waals surface area contributed by atoms with E-state index in [1.165, 1.54) is 7.11 Å². The van der Waals surface area contributed by atoms with Gasteiger partial charge in [0.2, 0.25) is 0 Å². The Hall–Kier alpha value is -2.41. The number of hydrogen-bond acceptors (Lipinski definition) is 6. The molecule has 0 aliphatic carbocycles. The first kappa shape index (κ1) is 15.5. The molecule has 2 aromatic rings. The van der Waals surface area contributed by atoms with Crippen LogP contribution in [0, 0.1) is 6.92 Å². The minimum Gasteiger partial charge on any atom is -0.465 e. The highest BCUT2D eigenvalue weighted by Gasteiger charge is 2.24. The van der Waals surface area contributed by atoms with Crippen molar-refractivity contribution in [1.82, 2.24) is 19.7 Å². The summed E-state index contributed by atoms with van der Waals surface area (Å²) < 4.78 is 6.87. The quantitative estimate of drug-likeness (QED) is 0.870. The average molecular weight is 315 g/mol. The number of nitrogens with one attached hydrogen (secondary N) is 1. The molecule has 1 aliphatic heterocycles. The van der Waals surface area contributed by atoms with Gasteiger partial charge < -0.3 is 15.0 Å². The fourth-order valence-corrected chi connectivity index (χ4v) is 2.95. The summed E-state index contributed by atoms with van der Waals surface area (Å²) in [6.07, 6.45) is 6.08. The van der Waals surface area contributed by atoms with Crippen LogP contribution in [0.3, 0.4) is 0 Å². The second-order valence-electron chi connectivity index (χ2n) is 5.83. The van der Waals surface area contributed by atoms with Gasteiger partial charge in [0.05, 0.1) is 48.2 Å². The third-order valence-corrected chi connectivity index (χ3v) is 4.25. The van der Waals surface area contributed by atoms with Crippen LogP contribution in [0.4, 0.5) is 11.4 Å². The van der Waals surface area contributed by atoms with Crippen molar-refractivity contribution in [2.75, 3.05) is 32.6 Å². The van der Waals surface area contributed by atoms with E-state index in [0.29, 0.717) is 17.3 Å². The number of ether oxygens (including phenoxy) is 1. The molecule has 1 fully saturated rings. The highest BCUT2D eigenvalue weighted by Crippen LogP contribution is 2.27. The van der Waals surface area contributed by atoms with Crippen LogP contribution in [0.15, 0.2) is 24.7 Å². The van der Waals surface area contributed by atoms with E-state index in [1.54, 1.807) is 24.7 Å².